The summed E-state index contributed by atoms with van der Waals surface area (Å²) in [7, 11) is 0. The highest BCUT2D eigenvalue weighted by Gasteiger charge is 2.08. The van der Waals surface area contributed by atoms with Gasteiger partial charge < -0.3 is 10.4 Å². The summed E-state index contributed by atoms with van der Waals surface area (Å²) < 4.78 is 0. The molecule has 0 atom stereocenters. The Morgan fingerprint density at radius 3 is 3.06 bits per heavy atom. The minimum Gasteiger partial charge on any atom is -0.476 e. The number of rotatable bonds is 4. The van der Waals surface area contributed by atoms with Crippen LogP contribution in [-0.2, 0) is 6.54 Å². The number of aryl methyl sites for hydroxylation is 1. The fraction of sp³-hybridized carbons (Fsp3) is 0.182. The first-order valence-electron chi connectivity index (χ1n) is 5.00. The van der Waals surface area contributed by atoms with Gasteiger partial charge in [0.15, 0.2) is 10.8 Å². The molecule has 0 spiro atoms. The first kappa shape index (κ1) is 11.5. The molecule has 6 heteroatoms. The van der Waals surface area contributed by atoms with Crippen molar-refractivity contribution in [2.24, 2.45) is 0 Å². The number of carboxylic acid groups (broad SMARTS) is 1. The van der Waals surface area contributed by atoms with E-state index in [1.54, 1.807) is 6.20 Å². The van der Waals surface area contributed by atoms with E-state index in [1.165, 1.54) is 16.7 Å². The van der Waals surface area contributed by atoms with Crippen LogP contribution in [0.3, 0.4) is 0 Å². The smallest absolute Gasteiger partial charge is 0.355 e. The van der Waals surface area contributed by atoms with Gasteiger partial charge in [0.25, 0.3) is 0 Å². The number of nitrogens with zero attached hydrogens (tertiary/aromatic N) is 2. The van der Waals surface area contributed by atoms with E-state index in [2.05, 4.69) is 15.3 Å². The van der Waals surface area contributed by atoms with Crippen molar-refractivity contribution in [3.8, 4) is 0 Å². The molecule has 0 aliphatic carbocycles. The van der Waals surface area contributed by atoms with Gasteiger partial charge in [0.1, 0.15) is 0 Å². The number of aromatic nitrogens is 2. The standard InChI is InChI=1S/C11H11N3O2S/c1-7-3-2-4-12-8(7)5-13-11-14-9(6-17-11)10(15)16/h2-4,6H,5H2,1H3,(H,13,14)(H,15,16). The van der Waals surface area contributed by atoms with Crippen LogP contribution in [0.15, 0.2) is 23.7 Å². The molecule has 0 fully saturated rings. The Morgan fingerprint density at radius 1 is 1.59 bits per heavy atom. The molecular weight excluding hydrogens is 238 g/mol. The summed E-state index contributed by atoms with van der Waals surface area (Å²) in [6.45, 7) is 2.52. The van der Waals surface area contributed by atoms with Crippen molar-refractivity contribution in [3.05, 3.63) is 40.7 Å². The number of carbonyl (C=O) groups is 1. The van der Waals surface area contributed by atoms with Gasteiger partial charge in [0, 0.05) is 11.6 Å². The molecule has 17 heavy (non-hydrogen) atoms. The maximum Gasteiger partial charge on any atom is 0.355 e. The number of nitrogens with one attached hydrogen (secondary N) is 1. The van der Waals surface area contributed by atoms with Crippen LogP contribution >= 0.6 is 11.3 Å². The first-order chi connectivity index (χ1) is 8.16. The largest absolute Gasteiger partial charge is 0.476 e. The Morgan fingerprint density at radius 2 is 2.41 bits per heavy atom. The van der Waals surface area contributed by atoms with Crippen LogP contribution in [0.25, 0.3) is 0 Å². The summed E-state index contributed by atoms with van der Waals surface area (Å²) in [6.07, 6.45) is 1.73. The van der Waals surface area contributed by atoms with E-state index in [-0.39, 0.29) is 5.69 Å². The second-order valence-corrected chi connectivity index (χ2v) is 4.32. The Labute approximate surface area is 102 Å². The predicted octanol–water partition coefficient (Wildman–Crippen LogP) is 2.16. The van der Waals surface area contributed by atoms with Crippen LogP contribution in [0, 0.1) is 6.92 Å². The number of hydrogen-bond donors (Lipinski definition) is 2. The van der Waals surface area contributed by atoms with E-state index >= 15 is 0 Å². The molecule has 2 aromatic rings. The molecular formula is C11H11N3O2S. The molecule has 2 heterocycles. The van der Waals surface area contributed by atoms with E-state index in [9.17, 15) is 4.79 Å². The van der Waals surface area contributed by atoms with Gasteiger partial charge in [-0.2, -0.15) is 0 Å². The minimum absolute atomic E-state index is 0.0650. The first-order valence-corrected chi connectivity index (χ1v) is 5.88. The van der Waals surface area contributed by atoms with Crippen molar-refractivity contribution >= 4 is 22.4 Å². The third-order valence-corrected chi connectivity index (χ3v) is 3.05. The number of thiazole rings is 1. The quantitative estimate of drug-likeness (QED) is 0.868. The Kier molecular flexibility index (Phi) is 3.34. The van der Waals surface area contributed by atoms with Crippen LogP contribution < -0.4 is 5.32 Å². The van der Waals surface area contributed by atoms with Crippen LogP contribution in [0.2, 0.25) is 0 Å². The lowest BCUT2D eigenvalue weighted by atomic mass is 10.2. The minimum atomic E-state index is -1.01. The number of anilines is 1. The lowest BCUT2D eigenvalue weighted by molar-refractivity contribution is 0.0691. The molecule has 0 saturated heterocycles. The van der Waals surface area contributed by atoms with Crippen molar-refractivity contribution in [1.29, 1.82) is 0 Å². The van der Waals surface area contributed by atoms with Gasteiger partial charge in [-0.15, -0.1) is 11.3 Å². The van der Waals surface area contributed by atoms with Gasteiger partial charge in [-0.3, -0.25) is 4.98 Å². The van der Waals surface area contributed by atoms with Crippen LogP contribution in [0.1, 0.15) is 21.7 Å². The van der Waals surface area contributed by atoms with Gasteiger partial charge in [0.2, 0.25) is 0 Å². The van der Waals surface area contributed by atoms with E-state index in [0.29, 0.717) is 11.7 Å². The lowest BCUT2D eigenvalue weighted by Crippen LogP contribution is -2.04. The molecule has 2 aromatic heterocycles. The highest BCUT2D eigenvalue weighted by Crippen LogP contribution is 2.16. The zero-order chi connectivity index (χ0) is 12.3. The topological polar surface area (TPSA) is 75.1 Å². The van der Waals surface area contributed by atoms with E-state index in [4.69, 9.17) is 5.11 Å². The van der Waals surface area contributed by atoms with Crippen LogP contribution in [0.4, 0.5) is 5.13 Å². The maximum absolute atomic E-state index is 10.6. The van der Waals surface area contributed by atoms with Gasteiger partial charge >= 0.3 is 5.97 Å². The second-order valence-electron chi connectivity index (χ2n) is 3.46. The molecule has 0 radical (unpaired) electrons. The Balaban J connectivity index is 2.02. The summed E-state index contributed by atoms with van der Waals surface area (Å²) in [4.78, 5) is 18.8. The highest BCUT2D eigenvalue weighted by atomic mass is 32.1. The van der Waals surface area contributed by atoms with Gasteiger partial charge in [-0.1, -0.05) is 6.07 Å². The van der Waals surface area contributed by atoms with Crippen molar-refractivity contribution in [1.82, 2.24) is 9.97 Å². The van der Waals surface area contributed by atoms with Crippen molar-refractivity contribution in [2.45, 2.75) is 13.5 Å². The molecule has 0 unspecified atom stereocenters. The molecule has 88 valence electrons. The average Bonchev–Trinajstić information content (AvgIpc) is 2.77. The number of pyridine rings is 1. The van der Waals surface area contributed by atoms with Crippen molar-refractivity contribution < 1.29 is 9.90 Å². The highest BCUT2D eigenvalue weighted by molar-refractivity contribution is 7.13. The predicted molar refractivity (Wildman–Crippen MR) is 65.4 cm³/mol. The fourth-order valence-electron chi connectivity index (χ4n) is 1.32. The zero-order valence-corrected chi connectivity index (χ0v) is 9.99. The van der Waals surface area contributed by atoms with E-state index < -0.39 is 5.97 Å². The summed E-state index contributed by atoms with van der Waals surface area (Å²) in [6, 6.07) is 3.86. The Bertz CT molecular complexity index is 539. The molecule has 2 rings (SSSR count). The van der Waals surface area contributed by atoms with Gasteiger partial charge in [0.05, 0.1) is 12.2 Å². The molecule has 5 nitrogen and oxygen atoms in total. The van der Waals surface area contributed by atoms with Crippen LogP contribution in [0.5, 0.6) is 0 Å². The summed E-state index contributed by atoms with van der Waals surface area (Å²) in [5, 5.41) is 13.9. The summed E-state index contributed by atoms with van der Waals surface area (Å²) in [5.41, 5.74) is 2.09. The molecule has 0 aromatic carbocycles. The van der Waals surface area contributed by atoms with E-state index in [0.717, 1.165) is 11.3 Å². The van der Waals surface area contributed by atoms with Crippen molar-refractivity contribution in [2.75, 3.05) is 5.32 Å². The van der Waals surface area contributed by atoms with Crippen LogP contribution in [-0.4, -0.2) is 21.0 Å². The SMILES string of the molecule is Cc1cccnc1CNc1nc(C(=O)O)cs1. The number of aromatic carboxylic acids is 1. The maximum atomic E-state index is 10.6. The molecule has 0 aliphatic rings. The van der Waals surface area contributed by atoms with Gasteiger partial charge in [-0.05, 0) is 18.6 Å². The average molecular weight is 249 g/mol. The van der Waals surface area contributed by atoms with Crippen molar-refractivity contribution in [3.63, 3.8) is 0 Å². The number of carboxylic acids is 1. The Hall–Kier alpha value is -1.95. The third kappa shape index (κ3) is 2.79. The third-order valence-electron chi connectivity index (χ3n) is 2.25. The molecule has 0 amide bonds. The lowest BCUT2D eigenvalue weighted by Gasteiger charge is -2.04. The summed E-state index contributed by atoms with van der Waals surface area (Å²) >= 11 is 1.27. The fourth-order valence-corrected chi connectivity index (χ4v) is 2.00. The molecule has 2 N–H and O–H groups in total. The monoisotopic (exact) mass is 249 g/mol. The second kappa shape index (κ2) is 4.92. The zero-order valence-electron chi connectivity index (χ0n) is 9.17. The number of hydrogen-bond acceptors (Lipinski definition) is 5. The van der Waals surface area contributed by atoms with E-state index in [1.807, 2.05) is 19.1 Å². The molecule has 0 aliphatic heterocycles. The normalized spacial score (nSPS) is 10.2. The molecule has 0 bridgehead atoms. The summed E-state index contributed by atoms with van der Waals surface area (Å²) in [5.74, 6) is -1.01. The van der Waals surface area contributed by atoms with Gasteiger partial charge in [-0.25, -0.2) is 9.78 Å². The molecule has 0 saturated carbocycles.